The minimum absolute atomic E-state index is 0. The molecule has 0 saturated heterocycles. The zero-order chi connectivity index (χ0) is 20.5. The lowest BCUT2D eigenvalue weighted by atomic mass is 10.2. The van der Waals surface area contributed by atoms with Gasteiger partial charge in [0.05, 0.1) is 11.6 Å². The number of aromatic nitrogens is 1. The highest BCUT2D eigenvalue weighted by Gasteiger charge is 2.10. The minimum Gasteiger partial charge on any atom is -0.508 e. The molecule has 29 heavy (non-hydrogen) atoms. The third kappa shape index (κ3) is 8.14. The van der Waals surface area contributed by atoms with Crippen LogP contribution in [0.2, 0.25) is 5.02 Å². The lowest BCUT2D eigenvalue weighted by molar-refractivity contribution is 0.0953. The molecule has 1 heterocycles. The number of nitrogens with one attached hydrogen (secondary N) is 2. The summed E-state index contributed by atoms with van der Waals surface area (Å²) in [5.41, 5.74) is 1.54. The van der Waals surface area contributed by atoms with Crippen molar-refractivity contribution in [2.24, 2.45) is 12.0 Å². The number of hydrogen-bond acceptors (Lipinski definition) is 3. The molecule has 1 aromatic carbocycles. The van der Waals surface area contributed by atoms with Crippen molar-refractivity contribution in [2.45, 2.75) is 19.9 Å². The molecular weight excluding hydrogens is 505 g/mol. The Morgan fingerprint density at radius 2 is 2.07 bits per heavy atom. The number of carbonyl (C=O) groups excluding carboxylic acids is 1. The number of aryl methyl sites for hydroxylation is 1. The molecule has 0 aliphatic heterocycles. The van der Waals surface area contributed by atoms with Crippen LogP contribution in [0.4, 0.5) is 0 Å². The standard InChI is InChI=1S/C20H28ClN5O2.HI/c1-4-22-20(26(3)14-17-12-16(21)13-25(17)2)24-10-6-9-23-19(28)15-7-5-8-18(27)11-15;/h5,7-8,11-13,27H,4,6,9-10,14H2,1-3H3,(H,22,24)(H,23,28);1H. The van der Waals surface area contributed by atoms with Gasteiger partial charge in [-0.3, -0.25) is 9.79 Å². The van der Waals surface area contributed by atoms with Crippen molar-refractivity contribution in [1.29, 1.82) is 0 Å². The Hall–Kier alpha value is -1.94. The first-order valence-electron chi connectivity index (χ1n) is 9.28. The lowest BCUT2D eigenvalue weighted by Crippen LogP contribution is -2.39. The second kappa shape index (κ2) is 12.6. The summed E-state index contributed by atoms with van der Waals surface area (Å²) in [4.78, 5) is 18.7. The fourth-order valence-corrected chi connectivity index (χ4v) is 3.00. The van der Waals surface area contributed by atoms with Crippen LogP contribution in [0.3, 0.4) is 0 Å². The molecule has 7 nitrogen and oxygen atoms in total. The van der Waals surface area contributed by atoms with Gasteiger partial charge in [-0.15, -0.1) is 24.0 Å². The van der Waals surface area contributed by atoms with E-state index in [1.54, 1.807) is 12.1 Å². The van der Waals surface area contributed by atoms with Crippen LogP contribution in [-0.2, 0) is 13.6 Å². The number of benzene rings is 1. The van der Waals surface area contributed by atoms with E-state index in [1.807, 2.05) is 42.7 Å². The molecule has 0 aliphatic carbocycles. The van der Waals surface area contributed by atoms with Crippen molar-refractivity contribution >= 4 is 47.4 Å². The molecule has 1 amide bonds. The van der Waals surface area contributed by atoms with Gasteiger partial charge in [-0.05, 0) is 37.6 Å². The zero-order valence-corrected chi connectivity index (χ0v) is 20.1. The topological polar surface area (TPSA) is 81.9 Å². The predicted octanol–water partition coefficient (Wildman–Crippen LogP) is 3.22. The number of phenolic OH excluding ortho intramolecular Hbond substituents is 1. The first kappa shape index (κ1) is 25.1. The van der Waals surface area contributed by atoms with E-state index in [9.17, 15) is 9.90 Å². The summed E-state index contributed by atoms with van der Waals surface area (Å²) in [5.74, 6) is 0.679. The van der Waals surface area contributed by atoms with E-state index < -0.39 is 0 Å². The highest BCUT2D eigenvalue weighted by atomic mass is 127. The maximum absolute atomic E-state index is 12.1. The molecular formula is C20H29ClIN5O2. The molecule has 0 bridgehead atoms. The number of phenols is 1. The highest BCUT2D eigenvalue weighted by Crippen LogP contribution is 2.14. The van der Waals surface area contributed by atoms with Gasteiger partial charge >= 0.3 is 0 Å². The molecule has 0 atom stereocenters. The van der Waals surface area contributed by atoms with Crippen LogP contribution < -0.4 is 10.6 Å². The smallest absolute Gasteiger partial charge is 0.251 e. The SMILES string of the molecule is CCNC(=NCCCNC(=O)c1cccc(O)c1)N(C)Cc1cc(Cl)cn1C.I. The van der Waals surface area contributed by atoms with Crippen molar-refractivity contribution < 1.29 is 9.90 Å². The molecule has 160 valence electrons. The summed E-state index contributed by atoms with van der Waals surface area (Å²) in [6, 6.07) is 8.24. The van der Waals surface area contributed by atoms with Crippen LogP contribution in [0, 0.1) is 0 Å². The third-order valence-electron chi connectivity index (χ3n) is 4.16. The number of hydrogen-bond donors (Lipinski definition) is 3. The highest BCUT2D eigenvalue weighted by molar-refractivity contribution is 14.0. The summed E-state index contributed by atoms with van der Waals surface area (Å²) in [7, 11) is 3.94. The quantitative estimate of drug-likeness (QED) is 0.211. The van der Waals surface area contributed by atoms with Crippen molar-refractivity contribution in [2.75, 3.05) is 26.7 Å². The predicted molar refractivity (Wildman–Crippen MR) is 128 cm³/mol. The number of carbonyl (C=O) groups is 1. The summed E-state index contributed by atoms with van der Waals surface area (Å²) in [5, 5.41) is 16.3. The number of aromatic hydroxyl groups is 1. The maximum atomic E-state index is 12.1. The molecule has 1 aromatic heterocycles. The molecule has 0 saturated carbocycles. The number of nitrogens with zero attached hydrogens (tertiary/aromatic N) is 3. The van der Waals surface area contributed by atoms with Crippen molar-refractivity contribution in [3.63, 3.8) is 0 Å². The zero-order valence-electron chi connectivity index (χ0n) is 17.0. The molecule has 0 spiro atoms. The minimum atomic E-state index is -0.204. The molecule has 9 heteroatoms. The van der Waals surface area contributed by atoms with Crippen LogP contribution in [0.5, 0.6) is 5.75 Å². The fourth-order valence-electron chi connectivity index (χ4n) is 2.73. The van der Waals surface area contributed by atoms with Gasteiger partial charge in [0.2, 0.25) is 0 Å². The van der Waals surface area contributed by atoms with E-state index in [0.29, 0.717) is 31.6 Å². The summed E-state index contributed by atoms with van der Waals surface area (Å²) in [6.45, 7) is 4.57. The van der Waals surface area contributed by atoms with Crippen molar-refractivity contribution in [3.05, 3.63) is 52.8 Å². The average molecular weight is 534 g/mol. The first-order valence-corrected chi connectivity index (χ1v) is 9.66. The van der Waals surface area contributed by atoms with Crippen LogP contribution in [0.1, 0.15) is 29.4 Å². The van der Waals surface area contributed by atoms with Gasteiger partial charge in [-0.2, -0.15) is 0 Å². The second-order valence-electron chi connectivity index (χ2n) is 6.51. The monoisotopic (exact) mass is 533 g/mol. The van der Waals surface area contributed by atoms with Gasteiger partial charge in [0.1, 0.15) is 5.75 Å². The van der Waals surface area contributed by atoms with E-state index in [0.717, 1.165) is 23.2 Å². The van der Waals surface area contributed by atoms with E-state index >= 15 is 0 Å². The van der Waals surface area contributed by atoms with E-state index in [2.05, 4.69) is 15.6 Å². The summed E-state index contributed by atoms with van der Waals surface area (Å²) >= 11 is 6.05. The fraction of sp³-hybridized carbons (Fsp3) is 0.400. The second-order valence-corrected chi connectivity index (χ2v) is 6.95. The Morgan fingerprint density at radius 1 is 1.31 bits per heavy atom. The number of aliphatic imine (C=N–C) groups is 1. The normalized spacial score (nSPS) is 11.0. The maximum Gasteiger partial charge on any atom is 0.251 e. The summed E-state index contributed by atoms with van der Waals surface area (Å²) in [6.07, 6.45) is 2.59. The Morgan fingerprint density at radius 3 is 2.69 bits per heavy atom. The molecule has 0 aliphatic rings. The number of guanidine groups is 1. The van der Waals surface area contributed by atoms with Crippen molar-refractivity contribution in [1.82, 2.24) is 20.1 Å². The Balaban J connectivity index is 0.00000420. The van der Waals surface area contributed by atoms with Crippen LogP contribution in [0.15, 0.2) is 41.5 Å². The number of rotatable bonds is 8. The van der Waals surface area contributed by atoms with Gasteiger partial charge in [0, 0.05) is 51.2 Å². The largest absolute Gasteiger partial charge is 0.508 e. The number of amides is 1. The molecule has 2 aromatic rings. The van der Waals surface area contributed by atoms with Crippen LogP contribution >= 0.6 is 35.6 Å². The van der Waals surface area contributed by atoms with E-state index in [4.69, 9.17) is 11.6 Å². The van der Waals surface area contributed by atoms with Crippen LogP contribution in [0.25, 0.3) is 0 Å². The van der Waals surface area contributed by atoms with E-state index in [-0.39, 0.29) is 35.6 Å². The van der Waals surface area contributed by atoms with Gasteiger partial charge < -0.3 is 25.2 Å². The molecule has 0 fully saturated rings. The van der Waals surface area contributed by atoms with Gasteiger partial charge in [-0.25, -0.2) is 0 Å². The third-order valence-corrected chi connectivity index (χ3v) is 4.37. The molecule has 0 radical (unpaired) electrons. The van der Waals surface area contributed by atoms with Gasteiger partial charge in [-0.1, -0.05) is 17.7 Å². The lowest BCUT2D eigenvalue weighted by Gasteiger charge is -2.22. The van der Waals surface area contributed by atoms with Crippen LogP contribution in [-0.4, -0.2) is 53.1 Å². The molecule has 2 rings (SSSR count). The molecule has 0 unspecified atom stereocenters. The first-order chi connectivity index (χ1) is 13.4. The van der Waals surface area contributed by atoms with Gasteiger partial charge in [0.25, 0.3) is 5.91 Å². The Kier molecular flexibility index (Phi) is 10.9. The Labute approximate surface area is 194 Å². The van der Waals surface area contributed by atoms with Crippen molar-refractivity contribution in [3.8, 4) is 5.75 Å². The number of halogens is 2. The Bertz CT molecular complexity index is 825. The van der Waals surface area contributed by atoms with E-state index in [1.165, 1.54) is 12.1 Å². The average Bonchev–Trinajstić information content (AvgIpc) is 2.97. The molecule has 3 N–H and O–H groups in total. The van der Waals surface area contributed by atoms with Gasteiger partial charge in [0.15, 0.2) is 5.96 Å². The summed E-state index contributed by atoms with van der Waals surface area (Å²) < 4.78 is 2.00.